The molecule has 0 atom stereocenters. The van der Waals surface area contributed by atoms with Gasteiger partial charge in [-0.05, 0) is 42.5 Å². The summed E-state index contributed by atoms with van der Waals surface area (Å²) < 4.78 is 40.2. The highest BCUT2D eigenvalue weighted by atomic mass is 19.1. The fourth-order valence-corrected chi connectivity index (χ4v) is 4.53. The minimum absolute atomic E-state index is 0.0309. The van der Waals surface area contributed by atoms with Crippen LogP contribution in [0.3, 0.4) is 0 Å². The van der Waals surface area contributed by atoms with Crippen molar-refractivity contribution >= 4 is 29.0 Å². The van der Waals surface area contributed by atoms with Crippen molar-refractivity contribution in [2.75, 3.05) is 24.9 Å². The highest BCUT2D eigenvalue weighted by molar-refractivity contribution is 6.04. The summed E-state index contributed by atoms with van der Waals surface area (Å²) in [5.41, 5.74) is 1.87. The predicted octanol–water partition coefficient (Wildman–Crippen LogP) is 5.30. The van der Waals surface area contributed by atoms with Gasteiger partial charge in [0.2, 0.25) is 5.91 Å². The first-order chi connectivity index (χ1) is 19.3. The van der Waals surface area contributed by atoms with Crippen molar-refractivity contribution in [3.05, 3.63) is 89.2 Å². The first kappa shape index (κ1) is 26.5. The molecule has 204 valence electrons. The van der Waals surface area contributed by atoms with Crippen molar-refractivity contribution in [3.63, 3.8) is 0 Å². The Labute approximate surface area is 228 Å². The number of aromatic nitrogens is 2. The SMILES string of the molecule is COc1ccc(CN2Cc3nc(-c4c(F)cccc4F)cc(Nc4ccc(NC(C)=O)cn4)c3C2=O)c(OC)c1. The number of halogens is 2. The third-order valence-electron chi connectivity index (χ3n) is 6.36. The second-order valence-corrected chi connectivity index (χ2v) is 9.05. The second-order valence-electron chi connectivity index (χ2n) is 9.05. The molecular formula is C29H25F2N5O4. The Morgan fingerprint density at radius 2 is 1.80 bits per heavy atom. The molecule has 2 aromatic carbocycles. The fourth-order valence-electron chi connectivity index (χ4n) is 4.53. The summed E-state index contributed by atoms with van der Waals surface area (Å²) in [5, 5.41) is 5.72. The van der Waals surface area contributed by atoms with Crippen LogP contribution in [0.5, 0.6) is 11.5 Å². The number of carbonyl (C=O) groups is 2. The van der Waals surface area contributed by atoms with Gasteiger partial charge in [-0.15, -0.1) is 0 Å². The van der Waals surface area contributed by atoms with Gasteiger partial charge in [-0.2, -0.15) is 0 Å². The number of amides is 2. The quantitative estimate of drug-likeness (QED) is 0.310. The molecule has 0 saturated carbocycles. The van der Waals surface area contributed by atoms with Gasteiger partial charge in [-0.25, -0.2) is 18.7 Å². The predicted molar refractivity (Wildman–Crippen MR) is 145 cm³/mol. The first-order valence-corrected chi connectivity index (χ1v) is 12.3. The summed E-state index contributed by atoms with van der Waals surface area (Å²) in [6.07, 6.45) is 1.45. The van der Waals surface area contributed by atoms with E-state index in [4.69, 9.17) is 9.47 Å². The molecule has 0 spiro atoms. The summed E-state index contributed by atoms with van der Waals surface area (Å²) in [7, 11) is 3.08. The number of nitrogens with zero attached hydrogens (tertiary/aromatic N) is 3. The number of rotatable bonds is 8. The molecule has 9 nitrogen and oxygen atoms in total. The van der Waals surface area contributed by atoms with Crippen molar-refractivity contribution in [1.82, 2.24) is 14.9 Å². The molecule has 2 N–H and O–H groups in total. The third-order valence-corrected chi connectivity index (χ3v) is 6.36. The Bertz CT molecular complexity index is 1590. The zero-order valence-corrected chi connectivity index (χ0v) is 21.9. The Morgan fingerprint density at radius 1 is 1.02 bits per heavy atom. The van der Waals surface area contributed by atoms with Crippen LogP contribution in [-0.2, 0) is 17.9 Å². The van der Waals surface area contributed by atoms with E-state index < -0.39 is 11.6 Å². The van der Waals surface area contributed by atoms with Crippen molar-refractivity contribution in [1.29, 1.82) is 0 Å². The molecule has 2 aromatic heterocycles. The standard InChI is InChI=1S/C29H25F2N5O4/c1-16(37)33-18-8-10-26(32-13-18)35-23-12-22(27-20(30)5-4-6-21(27)31)34-24-15-36(29(38)28(23)24)14-17-7-9-19(39-2)11-25(17)40-3/h4-13H,14-15H2,1-3H3,(H,33,37)(H,32,34,35). The molecule has 5 rings (SSSR count). The third kappa shape index (κ3) is 5.26. The van der Waals surface area contributed by atoms with Crippen LogP contribution in [0.25, 0.3) is 11.3 Å². The highest BCUT2D eigenvalue weighted by Gasteiger charge is 2.33. The topological polar surface area (TPSA) is 106 Å². The molecule has 0 bridgehead atoms. The van der Waals surface area contributed by atoms with Crippen LogP contribution in [-0.4, -0.2) is 40.9 Å². The number of hydrogen-bond acceptors (Lipinski definition) is 7. The van der Waals surface area contributed by atoms with Crippen molar-refractivity contribution in [3.8, 4) is 22.8 Å². The van der Waals surface area contributed by atoms with E-state index in [0.29, 0.717) is 28.7 Å². The number of benzene rings is 2. The molecular weight excluding hydrogens is 520 g/mol. The van der Waals surface area contributed by atoms with Gasteiger partial charge >= 0.3 is 0 Å². The maximum Gasteiger partial charge on any atom is 0.258 e. The smallest absolute Gasteiger partial charge is 0.258 e. The van der Waals surface area contributed by atoms with Gasteiger partial charge in [0.15, 0.2) is 0 Å². The van der Waals surface area contributed by atoms with Crippen LogP contribution >= 0.6 is 0 Å². The van der Waals surface area contributed by atoms with Crippen molar-refractivity contribution in [2.45, 2.75) is 20.0 Å². The molecule has 4 aromatic rings. The minimum atomic E-state index is -0.777. The van der Waals surface area contributed by atoms with E-state index in [1.165, 1.54) is 32.4 Å². The van der Waals surface area contributed by atoms with E-state index in [0.717, 1.165) is 17.7 Å². The average Bonchev–Trinajstić information content (AvgIpc) is 3.24. The minimum Gasteiger partial charge on any atom is -0.497 e. The van der Waals surface area contributed by atoms with Gasteiger partial charge in [0.25, 0.3) is 5.91 Å². The number of carbonyl (C=O) groups excluding carboxylic acids is 2. The second kappa shape index (κ2) is 11.0. The Kier molecular flexibility index (Phi) is 7.28. The monoisotopic (exact) mass is 545 g/mol. The number of pyridine rings is 2. The van der Waals surface area contributed by atoms with Crippen LogP contribution < -0.4 is 20.1 Å². The summed E-state index contributed by atoms with van der Waals surface area (Å²) >= 11 is 0. The lowest BCUT2D eigenvalue weighted by Crippen LogP contribution is -2.24. The van der Waals surface area contributed by atoms with Crippen LogP contribution in [0.4, 0.5) is 26.0 Å². The lowest BCUT2D eigenvalue weighted by molar-refractivity contribution is -0.114. The highest BCUT2D eigenvalue weighted by Crippen LogP contribution is 2.37. The normalized spacial score (nSPS) is 12.2. The molecule has 0 radical (unpaired) electrons. The van der Waals surface area contributed by atoms with Crippen molar-refractivity contribution < 1.29 is 27.8 Å². The number of hydrogen-bond donors (Lipinski definition) is 2. The molecule has 0 aliphatic carbocycles. The lowest BCUT2D eigenvalue weighted by atomic mass is 10.1. The number of anilines is 3. The van der Waals surface area contributed by atoms with Gasteiger partial charge in [0.1, 0.15) is 29.0 Å². The fraction of sp³-hybridized carbons (Fsp3) is 0.172. The largest absolute Gasteiger partial charge is 0.497 e. The van der Waals surface area contributed by atoms with Crippen LogP contribution in [0.2, 0.25) is 0 Å². The zero-order valence-electron chi connectivity index (χ0n) is 21.9. The Morgan fingerprint density at radius 3 is 2.45 bits per heavy atom. The summed E-state index contributed by atoms with van der Waals surface area (Å²) in [4.78, 5) is 35.4. The van der Waals surface area contributed by atoms with Crippen LogP contribution in [0.1, 0.15) is 28.5 Å². The van der Waals surface area contributed by atoms with Crippen molar-refractivity contribution in [2.24, 2.45) is 0 Å². The molecule has 0 saturated heterocycles. The molecule has 2 amide bonds. The van der Waals surface area contributed by atoms with Gasteiger partial charge in [0, 0.05) is 18.6 Å². The van der Waals surface area contributed by atoms with E-state index in [2.05, 4.69) is 20.6 Å². The summed E-state index contributed by atoms with van der Waals surface area (Å²) in [5.74, 6) is -0.611. The van der Waals surface area contributed by atoms with Gasteiger partial charge in [0.05, 0.1) is 67.4 Å². The van der Waals surface area contributed by atoms with Gasteiger partial charge < -0.3 is 25.0 Å². The maximum absolute atomic E-state index is 14.7. The summed E-state index contributed by atoms with van der Waals surface area (Å²) in [6.45, 7) is 1.69. The molecule has 0 unspecified atom stereocenters. The number of nitrogens with one attached hydrogen (secondary N) is 2. The van der Waals surface area contributed by atoms with Gasteiger partial charge in [-0.3, -0.25) is 9.59 Å². The van der Waals surface area contributed by atoms with Gasteiger partial charge in [-0.1, -0.05) is 6.07 Å². The summed E-state index contributed by atoms with van der Waals surface area (Å²) in [6, 6.07) is 13.6. The lowest BCUT2D eigenvalue weighted by Gasteiger charge is -2.18. The molecule has 0 fully saturated rings. The van der Waals surface area contributed by atoms with Crippen LogP contribution in [0.15, 0.2) is 60.8 Å². The van der Waals surface area contributed by atoms with E-state index in [1.54, 1.807) is 42.3 Å². The van der Waals surface area contributed by atoms with E-state index in [-0.39, 0.29) is 47.4 Å². The molecule has 3 heterocycles. The molecule has 40 heavy (non-hydrogen) atoms. The average molecular weight is 546 g/mol. The number of fused-ring (bicyclic) bond motifs is 1. The van der Waals surface area contributed by atoms with Crippen LogP contribution in [0, 0.1) is 11.6 Å². The Hall–Kier alpha value is -5.06. The zero-order chi connectivity index (χ0) is 28.4. The van der Waals surface area contributed by atoms with E-state index in [9.17, 15) is 18.4 Å². The maximum atomic E-state index is 14.7. The number of ether oxygens (including phenoxy) is 2. The molecule has 1 aliphatic rings. The first-order valence-electron chi connectivity index (χ1n) is 12.3. The number of methoxy groups -OCH3 is 2. The van der Waals surface area contributed by atoms with E-state index >= 15 is 0 Å². The van der Waals surface area contributed by atoms with E-state index in [1.807, 2.05) is 0 Å². The molecule has 1 aliphatic heterocycles. The molecule has 11 heteroatoms. The Balaban J connectivity index is 1.54.